The first-order chi connectivity index (χ1) is 7.61. The Labute approximate surface area is 105 Å². The van der Waals surface area contributed by atoms with Crippen LogP contribution in [0.3, 0.4) is 0 Å². The molecule has 0 spiro atoms. The molecule has 4 nitrogen and oxygen atoms in total. The number of nitrogen functional groups attached to an aromatic ring is 1. The smallest absolute Gasteiger partial charge is 0.164 e. The van der Waals surface area contributed by atoms with Crippen LogP contribution in [0, 0.1) is 11.3 Å². The first-order valence-electron chi connectivity index (χ1n) is 4.32. The van der Waals surface area contributed by atoms with E-state index in [9.17, 15) is 0 Å². The van der Waals surface area contributed by atoms with Crippen molar-refractivity contribution >= 4 is 33.3 Å². The molecule has 1 heterocycles. The minimum atomic E-state index is 0.244. The summed E-state index contributed by atoms with van der Waals surface area (Å²) in [6.45, 7) is 0. The Hall–Kier alpha value is -1.51. The van der Waals surface area contributed by atoms with E-state index in [2.05, 4.69) is 27.1 Å². The fourth-order valence-corrected chi connectivity index (χ4v) is 1.78. The zero-order chi connectivity index (χ0) is 11.7. The highest BCUT2D eigenvalue weighted by Crippen LogP contribution is 2.23. The van der Waals surface area contributed by atoms with Crippen molar-refractivity contribution < 1.29 is 0 Å². The van der Waals surface area contributed by atoms with Crippen LogP contribution < -0.4 is 5.73 Å². The normalized spacial score (nSPS) is 10.1. The first-order valence-corrected chi connectivity index (χ1v) is 5.49. The molecule has 2 N–H and O–H groups in total. The van der Waals surface area contributed by atoms with Gasteiger partial charge in [0.25, 0.3) is 0 Å². The van der Waals surface area contributed by atoms with Crippen molar-refractivity contribution in [2.75, 3.05) is 5.73 Å². The minimum Gasteiger partial charge on any atom is -0.381 e. The quantitative estimate of drug-likeness (QED) is 0.880. The zero-order valence-corrected chi connectivity index (χ0v) is 10.3. The molecule has 0 aliphatic carbocycles. The number of nitrogens with zero attached hydrogens (tertiary/aromatic N) is 3. The van der Waals surface area contributed by atoms with E-state index in [1.165, 1.54) is 4.68 Å². The molecule has 0 unspecified atom stereocenters. The lowest BCUT2D eigenvalue weighted by atomic mass is 10.2. The van der Waals surface area contributed by atoms with Crippen molar-refractivity contribution in [3.05, 3.63) is 39.5 Å². The lowest BCUT2D eigenvalue weighted by Crippen LogP contribution is -1.99. The van der Waals surface area contributed by atoms with Gasteiger partial charge in [-0.05, 0) is 18.2 Å². The molecule has 0 atom stereocenters. The van der Waals surface area contributed by atoms with Crippen LogP contribution >= 0.6 is 27.5 Å². The second-order valence-corrected chi connectivity index (χ2v) is 4.40. The summed E-state index contributed by atoms with van der Waals surface area (Å²) in [6.07, 6.45) is 1.57. The molecule has 1 aromatic carbocycles. The first kappa shape index (κ1) is 11.0. The average molecular weight is 298 g/mol. The van der Waals surface area contributed by atoms with Gasteiger partial charge >= 0.3 is 0 Å². The van der Waals surface area contributed by atoms with Crippen molar-refractivity contribution in [2.24, 2.45) is 0 Å². The zero-order valence-electron chi connectivity index (χ0n) is 7.98. The number of rotatable bonds is 1. The Morgan fingerprint density at radius 3 is 2.81 bits per heavy atom. The molecule has 0 saturated carbocycles. The maximum Gasteiger partial charge on any atom is 0.164 e. The number of benzene rings is 1. The number of halogens is 2. The third-order valence-corrected chi connectivity index (χ3v) is 2.81. The molecule has 0 radical (unpaired) electrons. The molecule has 0 fully saturated rings. The van der Waals surface area contributed by atoms with Gasteiger partial charge in [-0.2, -0.15) is 5.26 Å². The molecular weight excluding hydrogens is 291 g/mol. The molecule has 2 rings (SSSR count). The molecular formula is C10H6BrClN4. The van der Waals surface area contributed by atoms with Crippen LogP contribution in [0.15, 0.2) is 28.9 Å². The number of anilines is 1. The van der Waals surface area contributed by atoms with Crippen LogP contribution in [-0.4, -0.2) is 9.78 Å². The SMILES string of the molecule is N#Cc1cc(Br)ccc1-n1cc(Cl)c(N)n1. The maximum atomic E-state index is 9.00. The van der Waals surface area contributed by atoms with Gasteiger partial charge in [-0.15, -0.1) is 5.10 Å². The molecule has 0 aliphatic heterocycles. The minimum absolute atomic E-state index is 0.244. The summed E-state index contributed by atoms with van der Waals surface area (Å²) >= 11 is 9.10. The second kappa shape index (κ2) is 4.16. The topological polar surface area (TPSA) is 67.6 Å². The van der Waals surface area contributed by atoms with Crippen molar-refractivity contribution in [3.8, 4) is 11.8 Å². The largest absolute Gasteiger partial charge is 0.381 e. The highest BCUT2D eigenvalue weighted by atomic mass is 79.9. The summed E-state index contributed by atoms with van der Waals surface area (Å²) in [7, 11) is 0. The molecule has 80 valence electrons. The summed E-state index contributed by atoms with van der Waals surface area (Å²) in [6, 6.07) is 7.39. The Morgan fingerprint density at radius 1 is 1.50 bits per heavy atom. The fraction of sp³-hybridized carbons (Fsp3) is 0. The van der Waals surface area contributed by atoms with E-state index in [-0.39, 0.29) is 5.82 Å². The third kappa shape index (κ3) is 1.90. The Bertz CT molecular complexity index is 565. The van der Waals surface area contributed by atoms with Gasteiger partial charge < -0.3 is 5.73 Å². The van der Waals surface area contributed by atoms with Gasteiger partial charge in [0.15, 0.2) is 5.82 Å². The number of aromatic nitrogens is 2. The van der Waals surface area contributed by atoms with E-state index in [0.29, 0.717) is 16.3 Å². The van der Waals surface area contributed by atoms with Crippen molar-refractivity contribution in [1.82, 2.24) is 9.78 Å². The van der Waals surface area contributed by atoms with Crippen molar-refractivity contribution in [2.45, 2.75) is 0 Å². The monoisotopic (exact) mass is 296 g/mol. The summed E-state index contributed by atoms with van der Waals surface area (Å²) in [5, 5.41) is 13.4. The van der Waals surface area contributed by atoms with Gasteiger partial charge in [-0.3, -0.25) is 0 Å². The van der Waals surface area contributed by atoms with E-state index in [1.807, 2.05) is 6.07 Å². The number of hydrogen-bond acceptors (Lipinski definition) is 3. The number of hydrogen-bond donors (Lipinski definition) is 1. The standard InChI is InChI=1S/C10H6BrClN4/c11-7-1-2-9(6(3-7)4-13)16-5-8(12)10(14)15-16/h1-3,5H,(H2,14,15). The van der Waals surface area contributed by atoms with Crippen molar-refractivity contribution in [3.63, 3.8) is 0 Å². The molecule has 0 aliphatic rings. The van der Waals surface area contributed by atoms with E-state index in [4.69, 9.17) is 22.6 Å². The highest BCUT2D eigenvalue weighted by Gasteiger charge is 2.09. The van der Waals surface area contributed by atoms with Crippen LogP contribution in [-0.2, 0) is 0 Å². The fourth-order valence-electron chi connectivity index (χ4n) is 1.29. The van der Waals surface area contributed by atoms with Gasteiger partial charge in [0.1, 0.15) is 11.1 Å². The predicted octanol–water partition coefficient (Wildman–Crippen LogP) is 2.74. The van der Waals surface area contributed by atoms with Crippen molar-refractivity contribution in [1.29, 1.82) is 5.26 Å². The van der Waals surface area contributed by atoms with Crippen LogP contribution in [0.1, 0.15) is 5.56 Å². The predicted molar refractivity (Wildman–Crippen MR) is 65.4 cm³/mol. The molecule has 0 amide bonds. The Morgan fingerprint density at radius 2 is 2.25 bits per heavy atom. The van der Waals surface area contributed by atoms with Crippen LogP contribution in [0.2, 0.25) is 5.02 Å². The summed E-state index contributed by atoms with van der Waals surface area (Å²) in [5.41, 5.74) is 6.68. The summed E-state index contributed by atoms with van der Waals surface area (Å²) in [4.78, 5) is 0. The third-order valence-electron chi connectivity index (χ3n) is 2.02. The highest BCUT2D eigenvalue weighted by molar-refractivity contribution is 9.10. The maximum absolute atomic E-state index is 9.00. The van der Waals surface area contributed by atoms with E-state index in [1.54, 1.807) is 18.3 Å². The second-order valence-electron chi connectivity index (χ2n) is 3.08. The Kier molecular flexibility index (Phi) is 2.86. The van der Waals surface area contributed by atoms with Crippen LogP contribution in [0.4, 0.5) is 5.82 Å². The summed E-state index contributed by atoms with van der Waals surface area (Å²) < 4.78 is 2.32. The van der Waals surface area contributed by atoms with E-state index >= 15 is 0 Å². The van der Waals surface area contributed by atoms with Gasteiger partial charge in [0, 0.05) is 4.47 Å². The molecule has 6 heteroatoms. The van der Waals surface area contributed by atoms with Gasteiger partial charge in [-0.1, -0.05) is 27.5 Å². The Balaban J connectivity index is 2.60. The summed E-state index contributed by atoms with van der Waals surface area (Å²) in [5.74, 6) is 0.244. The van der Waals surface area contributed by atoms with E-state index < -0.39 is 0 Å². The lowest BCUT2D eigenvalue weighted by Gasteiger charge is -2.03. The molecule has 2 aromatic rings. The van der Waals surface area contributed by atoms with Crippen LogP contribution in [0.5, 0.6) is 0 Å². The molecule has 1 aromatic heterocycles. The molecule has 16 heavy (non-hydrogen) atoms. The van der Waals surface area contributed by atoms with E-state index in [0.717, 1.165) is 4.47 Å². The average Bonchev–Trinajstić information content (AvgIpc) is 2.59. The van der Waals surface area contributed by atoms with Gasteiger partial charge in [0.05, 0.1) is 17.4 Å². The van der Waals surface area contributed by atoms with Gasteiger partial charge in [0.2, 0.25) is 0 Å². The lowest BCUT2D eigenvalue weighted by molar-refractivity contribution is 0.882. The van der Waals surface area contributed by atoms with Gasteiger partial charge in [-0.25, -0.2) is 4.68 Å². The molecule has 0 bridgehead atoms. The number of nitrogens with two attached hydrogens (primary N) is 1. The number of nitriles is 1. The molecule has 0 saturated heterocycles. The van der Waals surface area contributed by atoms with Crippen LogP contribution in [0.25, 0.3) is 5.69 Å².